The highest BCUT2D eigenvalue weighted by Crippen LogP contribution is 2.27. The van der Waals surface area contributed by atoms with Crippen molar-refractivity contribution < 1.29 is 27.4 Å². The highest BCUT2D eigenvalue weighted by Gasteiger charge is 2.16. The van der Waals surface area contributed by atoms with Crippen LogP contribution in [0, 0.1) is 5.92 Å². The van der Waals surface area contributed by atoms with E-state index in [2.05, 4.69) is 4.98 Å². The van der Waals surface area contributed by atoms with E-state index in [1.54, 1.807) is 18.2 Å². The van der Waals surface area contributed by atoms with E-state index >= 15 is 0 Å². The summed E-state index contributed by atoms with van der Waals surface area (Å²) >= 11 is 6.17. The van der Waals surface area contributed by atoms with Gasteiger partial charge in [-0.05, 0) is 23.6 Å². The molecule has 1 heterocycles. The number of ether oxygens (including phenoxy) is 3. The highest BCUT2D eigenvalue weighted by molar-refractivity contribution is 7.89. The van der Waals surface area contributed by atoms with Crippen LogP contribution in [-0.4, -0.2) is 39.3 Å². The van der Waals surface area contributed by atoms with Gasteiger partial charge in [0.2, 0.25) is 15.9 Å². The van der Waals surface area contributed by atoms with Crippen LogP contribution in [-0.2, 0) is 16.6 Å². The maximum atomic E-state index is 12.1. The fourth-order valence-corrected chi connectivity index (χ4v) is 2.90. The first-order valence-corrected chi connectivity index (χ1v) is 11.0. The molecule has 0 aliphatic carbocycles. The Kier molecular flexibility index (Phi) is 7.69. The number of aromatic nitrogens is 1. The van der Waals surface area contributed by atoms with Crippen LogP contribution >= 0.6 is 11.6 Å². The number of rotatable bonds is 9. The summed E-state index contributed by atoms with van der Waals surface area (Å²) in [4.78, 5) is 16.2. The Hall–Kier alpha value is -2.52. The Morgan fingerprint density at radius 3 is 2.55 bits per heavy atom. The van der Waals surface area contributed by atoms with Gasteiger partial charge < -0.3 is 14.2 Å². The van der Waals surface area contributed by atoms with Gasteiger partial charge in [0.1, 0.15) is 23.1 Å². The molecule has 0 unspecified atom stereocenters. The zero-order chi connectivity index (χ0) is 21.6. The minimum atomic E-state index is -3.68. The standard InChI is InChI=1S/C19H23ClN2O6S/c1-12(2)10-28-19-16(20)8-14(9-21-19)27-11-13-5-6-15(17(7-13)26-3)18(23)22-29(4,24)25/h5-9,12H,10-11H2,1-4H3,(H,22,23). The summed E-state index contributed by atoms with van der Waals surface area (Å²) in [5.41, 5.74) is 0.798. The molecule has 1 amide bonds. The Morgan fingerprint density at radius 1 is 1.24 bits per heavy atom. The quantitative estimate of drug-likeness (QED) is 0.636. The maximum absolute atomic E-state index is 12.1. The molecule has 0 bridgehead atoms. The number of methoxy groups -OCH3 is 1. The first kappa shape index (κ1) is 22.8. The van der Waals surface area contributed by atoms with E-state index in [9.17, 15) is 13.2 Å². The number of pyridine rings is 1. The number of nitrogens with one attached hydrogen (secondary N) is 1. The number of benzene rings is 1. The second-order valence-corrected chi connectivity index (χ2v) is 8.85. The minimum absolute atomic E-state index is 0.0954. The van der Waals surface area contributed by atoms with Crippen LogP contribution in [0.1, 0.15) is 29.8 Å². The molecular formula is C19H23ClN2O6S. The van der Waals surface area contributed by atoms with E-state index in [4.69, 9.17) is 25.8 Å². The predicted molar refractivity (Wildman–Crippen MR) is 109 cm³/mol. The van der Waals surface area contributed by atoms with Crippen LogP contribution in [0.5, 0.6) is 17.4 Å². The normalized spacial score (nSPS) is 11.2. The van der Waals surface area contributed by atoms with Gasteiger partial charge in [-0.3, -0.25) is 4.79 Å². The molecule has 1 N–H and O–H groups in total. The van der Waals surface area contributed by atoms with Gasteiger partial charge in [-0.1, -0.05) is 31.5 Å². The first-order valence-electron chi connectivity index (χ1n) is 8.69. The Bertz CT molecular complexity index is 979. The molecule has 2 aromatic rings. The van der Waals surface area contributed by atoms with Gasteiger partial charge in [0.25, 0.3) is 5.91 Å². The fourth-order valence-electron chi connectivity index (χ4n) is 2.24. The zero-order valence-corrected chi connectivity index (χ0v) is 18.1. The Labute approximate surface area is 175 Å². The third-order valence-electron chi connectivity index (χ3n) is 3.53. The predicted octanol–water partition coefficient (Wildman–Crippen LogP) is 3.05. The maximum Gasteiger partial charge on any atom is 0.268 e. The summed E-state index contributed by atoms with van der Waals surface area (Å²) in [6.45, 7) is 4.71. The van der Waals surface area contributed by atoms with Crippen molar-refractivity contribution in [2.75, 3.05) is 20.0 Å². The first-order chi connectivity index (χ1) is 13.6. The van der Waals surface area contributed by atoms with Gasteiger partial charge in [0, 0.05) is 6.07 Å². The van der Waals surface area contributed by atoms with Crippen molar-refractivity contribution in [1.82, 2.24) is 9.71 Å². The van der Waals surface area contributed by atoms with Crippen LogP contribution in [0.15, 0.2) is 30.5 Å². The van der Waals surface area contributed by atoms with Gasteiger partial charge in [-0.25, -0.2) is 18.1 Å². The van der Waals surface area contributed by atoms with Crippen molar-refractivity contribution in [1.29, 1.82) is 0 Å². The molecule has 0 aliphatic heterocycles. The van der Waals surface area contributed by atoms with E-state index in [1.807, 2.05) is 18.6 Å². The molecule has 1 aromatic carbocycles. The topological polar surface area (TPSA) is 104 Å². The highest BCUT2D eigenvalue weighted by atomic mass is 35.5. The lowest BCUT2D eigenvalue weighted by Crippen LogP contribution is -2.29. The van der Waals surface area contributed by atoms with Crippen molar-refractivity contribution in [2.45, 2.75) is 20.5 Å². The smallest absolute Gasteiger partial charge is 0.268 e. The van der Waals surface area contributed by atoms with E-state index in [0.29, 0.717) is 34.7 Å². The summed E-state index contributed by atoms with van der Waals surface area (Å²) in [7, 11) is -2.29. The lowest BCUT2D eigenvalue weighted by molar-refractivity contribution is 0.0978. The van der Waals surface area contributed by atoms with E-state index in [-0.39, 0.29) is 17.9 Å². The summed E-state index contributed by atoms with van der Waals surface area (Å²) in [5, 5.41) is 0.341. The molecule has 0 aliphatic rings. The van der Waals surface area contributed by atoms with E-state index in [1.165, 1.54) is 19.4 Å². The molecule has 0 fully saturated rings. The largest absolute Gasteiger partial charge is 0.496 e. The molecule has 1 aromatic heterocycles. The summed E-state index contributed by atoms with van der Waals surface area (Å²) < 4.78 is 40.8. The number of hydrogen-bond donors (Lipinski definition) is 1. The van der Waals surface area contributed by atoms with Gasteiger partial charge in [0.05, 0.1) is 31.7 Å². The number of nitrogens with zero attached hydrogens (tertiary/aromatic N) is 1. The van der Waals surface area contributed by atoms with Gasteiger partial charge >= 0.3 is 0 Å². The molecule has 10 heteroatoms. The average Bonchev–Trinajstić information content (AvgIpc) is 2.63. The van der Waals surface area contributed by atoms with Crippen LogP contribution in [0.25, 0.3) is 0 Å². The number of hydrogen-bond acceptors (Lipinski definition) is 7. The van der Waals surface area contributed by atoms with Crippen LogP contribution in [0.2, 0.25) is 5.02 Å². The second kappa shape index (κ2) is 9.80. The average molecular weight is 443 g/mol. The molecule has 0 saturated heterocycles. The lowest BCUT2D eigenvalue weighted by atomic mass is 10.1. The second-order valence-electron chi connectivity index (χ2n) is 6.69. The van der Waals surface area contributed by atoms with Gasteiger partial charge in [0.15, 0.2) is 0 Å². The molecular weight excluding hydrogens is 420 g/mol. The molecule has 0 radical (unpaired) electrons. The summed E-state index contributed by atoms with van der Waals surface area (Å²) in [6.07, 6.45) is 2.41. The van der Waals surface area contributed by atoms with Crippen molar-refractivity contribution in [2.24, 2.45) is 5.92 Å². The molecule has 29 heavy (non-hydrogen) atoms. The Balaban J connectivity index is 2.07. The Morgan fingerprint density at radius 2 is 1.97 bits per heavy atom. The van der Waals surface area contributed by atoms with Crippen molar-refractivity contribution >= 4 is 27.5 Å². The molecule has 8 nitrogen and oxygen atoms in total. The van der Waals surface area contributed by atoms with Crippen molar-refractivity contribution in [3.8, 4) is 17.4 Å². The lowest BCUT2D eigenvalue weighted by Gasteiger charge is -2.12. The summed E-state index contributed by atoms with van der Waals surface area (Å²) in [6, 6.07) is 6.29. The van der Waals surface area contributed by atoms with Crippen LogP contribution in [0.4, 0.5) is 0 Å². The number of halogens is 1. The molecule has 158 valence electrons. The fraction of sp³-hybridized carbons (Fsp3) is 0.368. The van der Waals surface area contributed by atoms with Crippen molar-refractivity contribution in [3.05, 3.63) is 46.6 Å². The number of amides is 1. The minimum Gasteiger partial charge on any atom is -0.496 e. The van der Waals surface area contributed by atoms with E-state index < -0.39 is 15.9 Å². The molecule has 0 saturated carbocycles. The number of carbonyl (C=O) groups excluding carboxylic acids is 1. The van der Waals surface area contributed by atoms with Crippen LogP contribution < -0.4 is 18.9 Å². The SMILES string of the molecule is COc1cc(COc2cnc(OCC(C)C)c(Cl)c2)ccc1C(=O)NS(C)(=O)=O. The molecule has 0 spiro atoms. The van der Waals surface area contributed by atoms with Crippen molar-refractivity contribution in [3.63, 3.8) is 0 Å². The number of sulfonamides is 1. The monoisotopic (exact) mass is 442 g/mol. The zero-order valence-electron chi connectivity index (χ0n) is 16.6. The summed E-state index contributed by atoms with van der Waals surface area (Å²) in [5.74, 6) is 0.590. The van der Waals surface area contributed by atoms with Gasteiger partial charge in [-0.2, -0.15) is 0 Å². The number of carbonyl (C=O) groups is 1. The van der Waals surface area contributed by atoms with Crippen LogP contribution in [0.3, 0.4) is 0 Å². The third-order valence-corrected chi connectivity index (χ3v) is 4.36. The van der Waals surface area contributed by atoms with E-state index in [0.717, 1.165) is 6.26 Å². The molecule has 0 atom stereocenters. The van der Waals surface area contributed by atoms with Gasteiger partial charge in [-0.15, -0.1) is 0 Å². The molecule has 2 rings (SSSR count). The third kappa shape index (κ3) is 7.10.